The van der Waals surface area contributed by atoms with Crippen LogP contribution in [0.15, 0.2) is 47.4 Å². The highest BCUT2D eigenvalue weighted by atomic mass is 32.2. The van der Waals surface area contributed by atoms with E-state index < -0.39 is 27.8 Å². The number of carbonyl (C=O) groups is 2. The molecule has 166 valence electrons. The Balaban J connectivity index is 1.49. The van der Waals surface area contributed by atoms with Crippen molar-refractivity contribution in [2.24, 2.45) is 0 Å². The minimum Gasteiger partial charge on any atom is -0.307 e. The maximum absolute atomic E-state index is 13.4. The predicted molar refractivity (Wildman–Crippen MR) is 115 cm³/mol. The van der Waals surface area contributed by atoms with Gasteiger partial charge in [0.05, 0.1) is 11.4 Å². The highest BCUT2D eigenvalue weighted by molar-refractivity contribution is 7.89. The number of rotatable bonds is 5. The van der Waals surface area contributed by atoms with Crippen LogP contribution in [-0.2, 0) is 14.8 Å². The molecular weight excluding hydrogens is 423 g/mol. The zero-order valence-electron chi connectivity index (χ0n) is 17.4. The van der Waals surface area contributed by atoms with Crippen LogP contribution in [0.2, 0.25) is 0 Å². The number of nitrogens with zero attached hydrogens (tertiary/aromatic N) is 2. The van der Waals surface area contributed by atoms with E-state index in [2.05, 4.69) is 10.6 Å². The molecule has 2 N–H and O–H groups in total. The second-order valence-electron chi connectivity index (χ2n) is 7.46. The molecule has 0 atom stereocenters. The molecule has 0 unspecified atom stereocenters. The van der Waals surface area contributed by atoms with E-state index in [1.165, 1.54) is 22.5 Å². The fraction of sp³-hybridized carbons (Fsp3) is 0.333. The molecule has 31 heavy (non-hydrogen) atoms. The van der Waals surface area contributed by atoms with Crippen molar-refractivity contribution in [1.82, 2.24) is 14.5 Å². The lowest BCUT2D eigenvalue weighted by atomic mass is 10.1. The average molecular weight is 449 g/mol. The lowest BCUT2D eigenvalue weighted by Crippen LogP contribution is -2.51. The first-order valence-corrected chi connectivity index (χ1v) is 11.3. The van der Waals surface area contributed by atoms with Crippen molar-refractivity contribution in [1.29, 1.82) is 0 Å². The number of nitrogens with one attached hydrogen (secondary N) is 2. The van der Waals surface area contributed by atoms with Crippen molar-refractivity contribution in [3.8, 4) is 0 Å². The predicted octanol–water partition coefficient (Wildman–Crippen LogP) is 2.10. The largest absolute Gasteiger partial charge is 0.325 e. The van der Waals surface area contributed by atoms with E-state index in [0.29, 0.717) is 18.8 Å². The molecule has 10 heteroatoms. The molecule has 0 saturated carbocycles. The van der Waals surface area contributed by atoms with E-state index in [-0.39, 0.29) is 24.5 Å². The number of benzene rings is 2. The van der Waals surface area contributed by atoms with Crippen LogP contribution in [0.3, 0.4) is 0 Å². The van der Waals surface area contributed by atoms with Gasteiger partial charge in [-0.25, -0.2) is 17.6 Å². The lowest BCUT2D eigenvalue weighted by molar-refractivity contribution is -0.121. The molecule has 0 radical (unpaired) electrons. The number of halogens is 1. The molecule has 1 fully saturated rings. The zero-order valence-corrected chi connectivity index (χ0v) is 18.2. The van der Waals surface area contributed by atoms with Crippen LogP contribution in [-0.4, -0.2) is 62.3 Å². The van der Waals surface area contributed by atoms with Crippen LogP contribution in [0.4, 0.5) is 14.9 Å². The Morgan fingerprint density at radius 2 is 1.74 bits per heavy atom. The average Bonchev–Trinajstić information content (AvgIpc) is 2.70. The smallest absolute Gasteiger partial charge is 0.307 e. The first-order chi connectivity index (χ1) is 14.6. The van der Waals surface area contributed by atoms with Crippen LogP contribution >= 0.6 is 0 Å². The maximum Gasteiger partial charge on any atom is 0.325 e. The Hall–Kier alpha value is -2.82. The van der Waals surface area contributed by atoms with Gasteiger partial charge in [-0.05, 0) is 43.7 Å². The summed E-state index contributed by atoms with van der Waals surface area (Å²) >= 11 is 0. The number of imide groups is 1. The third-order valence-electron chi connectivity index (χ3n) is 5.02. The number of carbonyl (C=O) groups excluding carboxylic acids is 2. The quantitative estimate of drug-likeness (QED) is 0.730. The third kappa shape index (κ3) is 5.87. The van der Waals surface area contributed by atoms with Crippen LogP contribution in [0.5, 0.6) is 0 Å². The van der Waals surface area contributed by atoms with Gasteiger partial charge in [0.2, 0.25) is 15.9 Å². The van der Waals surface area contributed by atoms with Crippen LogP contribution < -0.4 is 10.6 Å². The molecule has 1 aliphatic heterocycles. The first kappa shape index (κ1) is 22.9. The molecule has 1 aliphatic rings. The summed E-state index contributed by atoms with van der Waals surface area (Å²) in [6.45, 7) is 4.75. The minimum atomic E-state index is -3.80. The van der Waals surface area contributed by atoms with E-state index in [1.54, 1.807) is 11.0 Å². The first-order valence-electron chi connectivity index (χ1n) is 9.81. The zero-order chi connectivity index (χ0) is 22.6. The standard InChI is InChI=1S/C21H25FN4O4S/c1-15-6-7-19(16(2)12-15)23-21(28)24-20(27)14-25-8-10-26(11-9-25)31(29,30)18-5-3-4-17(22)13-18/h3-7,12-13H,8-11,14H2,1-2H3,(H2,23,24,27,28). The molecule has 3 rings (SSSR count). The van der Waals surface area contributed by atoms with Gasteiger partial charge in [0.25, 0.3) is 0 Å². The van der Waals surface area contributed by atoms with Gasteiger partial charge in [0.15, 0.2) is 0 Å². The van der Waals surface area contributed by atoms with Gasteiger partial charge in [-0.15, -0.1) is 0 Å². The number of piperazine rings is 1. The number of hydrogen-bond acceptors (Lipinski definition) is 5. The van der Waals surface area contributed by atoms with Crippen LogP contribution in [0.1, 0.15) is 11.1 Å². The highest BCUT2D eigenvalue weighted by Gasteiger charge is 2.29. The van der Waals surface area contributed by atoms with Crippen molar-refractivity contribution < 1.29 is 22.4 Å². The molecular formula is C21H25FN4O4S. The second kappa shape index (κ2) is 9.54. The third-order valence-corrected chi connectivity index (χ3v) is 6.91. The van der Waals surface area contributed by atoms with E-state index in [4.69, 9.17) is 0 Å². The highest BCUT2D eigenvalue weighted by Crippen LogP contribution is 2.18. The van der Waals surface area contributed by atoms with E-state index in [0.717, 1.165) is 17.2 Å². The maximum atomic E-state index is 13.4. The van der Waals surface area contributed by atoms with Gasteiger partial charge < -0.3 is 5.32 Å². The van der Waals surface area contributed by atoms with Gasteiger partial charge in [-0.3, -0.25) is 15.0 Å². The van der Waals surface area contributed by atoms with Gasteiger partial charge in [0.1, 0.15) is 5.82 Å². The van der Waals surface area contributed by atoms with Crippen molar-refractivity contribution in [3.05, 3.63) is 59.4 Å². The molecule has 8 nitrogen and oxygen atoms in total. The summed E-state index contributed by atoms with van der Waals surface area (Å²) in [4.78, 5) is 26.0. The summed E-state index contributed by atoms with van der Waals surface area (Å²) in [5.41, 5.74) is 2.57. The Bertz CT molecular complexity index is 1080. The van der Waals surface area contributed by atoms with Crippen molar-refractivity contribution >= 4 is 27.6 Å². The summed E-state index contributed by atoms with van der Waals surface area (Å²) in [5.74, 6) is -1.10. The van der Waals surface area contributed by atoms with E-state index >= 15 is 0 Å². The number of sulfonamides is 1. The number of amides is 3. The van der Waals surface area contributed by atoms with Crippen LogP contribution in [0.25, 0.3) is 0 Å². The normalized spacial score (nSPS) is 15.5. The van der Waals surface area contributed by atoms with Crippen LogP contribution in [0, 0.1) is 19.7 Å². The molecule has 0 bridgehead atoms. The SMILES string of the molecule is Cc1ccc(NC(=O)NC(=O)CN2CCN(S(=O)(=O)c3cccc(F)c3)CC2)c(C)c1. The number of urea groups is 1. The van der Waals surface area contributed by atoms with Gasteiger partial charge in [-0.1, -0.05) is 23.8 Å². The molecule has 0 aliphatic carbocycles. The fourth-order valence-corrected chi connectivity index (χ4v) is 4.84. The summed E-state index contributed by atoms with van der Waals surface area (Å²) in [7, 11) is -3.80. The minimum absolute atomic E-state index is 0.0336. The van der Waals surface area contributed by atoms with E-state index in [1.807, 2.05) is 26.0 Å². The number of hydrogen-bond donors (Lipinski definition) is 2. The molecule has 2 aromatic carbocycles. The van der Waals surface area contributed by atoms with Crippen molar-refractivity contribution in [2.75, 3.05) is 38.0 Å². The topological polar surface area (TPSA) is 98.8 Å². The number of anilines is 1. The Morgan fingerprint density at radius 3 is 2.39 bits per heavy atom. The Labute approximate surface area is 181 Å². The molecule has 0 aromatic heterocycles. The van der Waals surface area contributed by atoms with E-state index in [9.17, 15) is 22.4 Å². The summed E-state index contributed by atoms with van der Waals surface area (Å²) < 4.78 is 39.9. The molecule has 1 heterocycles. The molecule has 2 aromatic rings. The monoisotopic (exact) mass is 448 g/mol. The summed E-state index contributed by atoms with van der Waals surface area (Å²) in [6, 6.07) is 9.82. The number of aryl methyl sites for hydroxylation is 2. The summed E-state index contributed by atoms with van der Waals surface area (Å²) in [6.07, 6.45) is 0. The molecule has 1 saturated heterocycles. The Morgan fingerprint density at radius 1 is 1.03 bits per heavy atom. The van der Waals surface area contributed by atoms with Crippen molar-refractivity contribution in [3.63, 3.8) is 0 Å². The van der Waals surface area contributed by atoms with Gasteiger partial charge >= 0.3 is 6.03 Å². The summed E-state index contributed by atoms with van der Waals surface area (Å²) in [5, 5.41) is 4.93. The lowest BCUT2D eigenvalue weighted by Gasteiger charge is -2.33. The fourth-order valence-electron chi connectivity index (χ4n) is 3.38. The molecule has 0 spiro atoms. The molecule has 3 amide bonds. The van der Waals surface area contributed by atoms with Crippen molar-refractivity contribution in [2.45, 2.75) is 18.7 Å². The Kier molecular flexibility index (Phi) is 7.04. The van der Waals surface area contributed by atoms with Gasteiger partial charge in [-0.2, -0.15) is 4.31 Å². The van der Waals surface area contributed by atoms with Gasteiger partial charge in [0, 0.05) is 31.9 Å². The second-order valence-corrected chi connectivity index (χ2v) is 9.40.